The van der Waals surface area contributed by atoms with Gasteiger partial charge in [-0.1, -0.05) is 13.5 Å². The molecular weight excluding hydrogens is 100 g/mol. The molecule has 0 unspecified atom stereocenters. The zero-order valence-corrected chi connectivity index (χ0v) is 5.35. The fourth-order valence-electron chi connectivity index (χ4n) is 0.481. The second kappa shape index (κ2) is 3.50. The Balaban J connectivity index is 3.24. The minimum Gasteiger partial charge on any atom is -0.402 e. The molecule has 0 aliphatic carbocycles. The highest BCUT2D eigenvalue weighted by Gasteiger charge is 1.96. The predicted molar refractivity (Wildman–Crippen MR) is 36.2 cm³/mol. The molecule has 0 fully saturated rings. The summed E-state index contributed by atoms with van der Waals surface area (Å²) in [5, 5.41) is 0. The van der Waals surface area contributed by atoms with Crippen LogP contribution in [0.25, 0.3) is 0 Å². The van der Waals surface area contributed by atoms with Crippen LogP contribution in [0.2, 0.25) is 0 Å². The summed E-state index contributed by atoms with van der Waals surface area (Å²) in [6.45, 7) is 5.58. The van der Waals surface area contributed by atoms with Crippen molar-refractivity contribution in [3.8, 4) is 0 Å². The Labute approximate surface area is 50.6 Å². The van der Waals surface area contributed by atoms with Crippen molar-refractivity contribution in [3.63, 3.8) is 0 Å². The molecule has 0 aliphatic heterocycles. The molecule has 0 rings (SSSR count). The van der Waals surface area contributed by atoms with Crippen molar-refractivity contribution in [2.24, 2.45) is 11.5 Å². The molecule has 48 valence electrons. The first-order valence-electron chi connectivity index (χ1n) is 2.85. The summed E-state index contributed by atoms with van der Waals surface area (Å²) in [6, 6.07) is 0.201. The van der Waals surface area contributed by atoms with Gasteiger partial charge in [-0.2, -0.15) is 0 Å². The van der Waals surface area contributed by atoms with Gasteiger partial charge in [0.2, 0.25) is 0 Å². The second-order valence-electron chi connectivity index (χ2n) is 2.03. The Hall–Kier alpha value is -0.500. The van der Waals surface area contributed by atoms with E-state index in [0.29, 0.717) is 5.70 Å². The molecule has 0 saturated heterocycles. The lowest BCUT2D eigenvalue weighted by molar-refractivity contribution is 0.640. The third-order valence-electron chi connectivity index (χ3n) is 1.05. The fraction of sp³-hybridized carbons (Fsp3) is 0.667. The monoisotopic (exact) mass is 114 g/mol. The van der Waals surface area contributed by atoms with Gasteiger partial charge in [-0.3, -0.25) is 0 Å². The quantitative estimate of drug-likeness (QED) is 0.564. The Morgan fingerprint density at radius 1 is 1.75 bits per heavy atom. The number of nitrogens with two attached hydrogens (primary N) is 2. The highest BCUT2D eigenvalue weighted by Crippen LogP contribution is 1.96. The first-order valence-corrected chi connectivity index (χ1v) is 2.85. The zero-order chi connectivity index (χ0) is 6.57. The molecule has 0 heterocycles. The van der Waals surface area contributed by atoms with Gasteiger partial charge < -0.3 is 11.5 Å². The van der Waals surface area contributed by atoms with Crippen LogP contribution in [0.5, 0.6) is 0 Å². The Morgan fingerprint density at radius 2 is 2.25 bits per heavy atom. The lowest BCUT2D eigenvalue weighted by atomic mass is 10.1. The number of hydrogen-bond donors (Lipinski definition) is 2. The van der Waals surface area contributed by atoms with Crippen LogP contribution in [-0.2, 0) is 0 Å². The van der Waals surface area contributed by atoms with Gasteiger partial charge in [0.05, 0.1) is 0 Å². The molecular formula is C6H14N2. The van der Waals surface area contributed by atoms with Gasteiger partial charge in [-0.25, -0.2) is 0 Å². The topological polar surface area (TPSA) is 52.0 Å². The lowest BCUT2D eigenvalue weighted by Crippen LogP contribution is -2.20. The van der Waals surface area contributed by atoms with Crippen LogP contribution in [-0.4, -0.2) is 6.04 Å². The highest BCUT2D eigenvalue weighted by molar-refractivity contribution is 4.89. The smallest absolute Gasteiger partial charge is 0.00905 e. The lowest BCUT2D eigenvalue weighted by Gasteiger charge is -2.05. The van der Waals surface area contributed by atoms with Gasteiger partial charge in [0.1, 0.15) is 0 Å². The molecule has 0 spiro atoms. The van der Waals surface area contributed by atoms with Crippen LogP contribution in [0, 0.1) is 0 Å². The van der Waals surface area contributed by atoms with Crippen molar-refractivity contribution < 1.29 is 0 Å². The average Bonchev–Trinajstić information content (AvgIpc) is 1.65. The van der Waals surface area contributed by atoms with Crippen molar-refractivity contribution in [1.29, 1.82) is 0 Å². The summed E-state index contributed by atoms with van der Waals surface area (Å²) in [5.41, 5.74) is 11.5. The Morgan fingerprint density at radius 3 is 2.38 bits per heavy atom. The third kappa shape index (κ3) is 3.68. The summed E-state index contributed by atoms with van der Waals surface area (Å²) in [7, 11) is 0. The van der Waals surface area contributed by atoms with Gasteiger partial charge in [0, 0.05) is 18.2 Å². The molecule has 0 aromatic rings. The molecule has 0 aromatic carbocycles. The largest absolute Gasteiger partial charge is 0.402 e. The third-order valence-corrected chi connectivity index (χ3v) is 1.05. The molecule has 0 bridgehead atoms. The van der Waals surface area contributed by atoms with Crippen LogP contribution in [0.1, 0.15) is 19.8 Å². The minimum absolute atomic E-state index is 0.201. The van der Waals surface area contributed by atoms with Gasteiger partial charge >= 0.3 is 0 Å². The van der Waals surface area contributed by atoms with Crippen LogP contribution in [0.3, 0.4) is 0 Å². The maximum Gasteiger partial charge on any atom is 0.00905 e. The summed E-state index contributed by atoms with van der Waals surface area (Å²) in [4.78, 5) is 0. The van der Waals surface area contributed by atoms with Gasteiger partial charge in [-0.05, 0) is 6.42 Å². The Kier molecular flexibility index (Phi) is 3.28. The average molecular weight is 114 g/mol. The standard InChI is InChI=1S/C6H14N2/c1-3-6(8)4-5(2)7/h6H,2-4,7-8H2,1H3/t6-/m0/s1. The molecule has 0 saturated carbocycles. The maximum atomic E-state index is 5.53. The first-order chi connectivity index (χ1) is 3.66. The van der Waals surface area contributed by atoms with Crippen molar-refractivity contribution in [1.82, 2.24) is 0 Å². The van der Waals surface area contributed by atoms with Crippen molar-refractivity contribution in [2.75, 3.05) is 0 Å². The molecule has 0 radical (unpaired) electrons. The normalized spacial score (nSPS) is 13.2. The summed E-state index contributed by atoms with van der Waals surface area (Å²) < 4.78 is 0. The van der Waals surface area contributed by atoms with E-state index < -0.39 is 0 Å². The van der Waals surface area contributed by atoms with E-state index in [2.05, 4.69) is 6.58 Å². The summed E-state index contributed by atoms with van der Waals surface area (Å²) in [6.07, 6.45) is 1.72. The molecule has 8 heavy (non-hydrogen) atoms. The van der Waals surface area contributed by atoms with Crippen LogP contribution in [0.4, 0.5) is 0 Å². The van der Waals surface area contributed by atoms with E-state index in [4.69, 9.17) is 11.5 Å². The predicted octanol–water partition coefficient (Wildman–Crippen LogP) is 0.586. The van der Waals surface area contributed by atoms with Gasteiger partial charge in [-0.15, -0.1) is 0 Å². The van der Waals surface area contributed by atoms with Crippen LogP contribution < -0.4 is 11.5 Å². The SMILES string of the molecule is C=C(N)C[C@@H](N)CC. The maximum absolute atomic E-state index is 5.53. The zero-order valence-electron chi connectivity index (χ0n) is 5.35. The molecule has 0 amide bonds. The van der Waals surface area contributed by atoms with Gasteiger partial charge in [0.15, 0.2) is 0 Å². The first kappa shape index (κ1) is 7.50. The highest BCUT2D eigenvalue weighted by atomic mass is 14.7. The van der Waals surface area contributed by atoms with E-state index in [1.54, 1.807) is 0 Å². The van der Waals surface area contributed by atoms with Crippen molar-refractivity contribution >= 4 is 0 Å². The molecule has 2 heteroatoms. The van der Waals surface area contributed by atoms with Crippen molar-refractivity contribution in [3.05, 3.63) is 12.3 Å². The molecule has 4 N–H and O–H groups in total. The van der Waals surface area contributed by atoms with E-state index in [-0.39, 0.29) is 6.04 Å². The second-order valence-corrected chi connectivity index (χ2v) is 2.03. The Bertz CT molecular complexity index is 78.6. The minimum atomic E-state index is 0.201. The van der Waals surface area contributed by atoms with Gasteiger partial charge in [0.25, 0.3) is 0 Å². The van der Waals surface area contributed by atoms with E-state index in [0.717, 1.165) is 12.8 Å². The number of rotatable bonds is 3. The molecule has 1 atom stereocenters. The van der Waals surface area contributed by atoms with E-state index >= 15 is 0 Å². The summed E-state index contributed by atoms with van der Waals surface area (Å²) >= 11 is 0. The van der Waals surface area contributed by atoms with Crippen LogP contribution >= 0.6 is 0 Å². The molecule has 0 aromatic heterocycles. The molecule has 2 nitrogen and oxygen atoms in total. The molecule has 0 aliphatic rings. The van der Waals surface area contributed by atoms with E-state index in [1.165, 1.54) is 0 Å². The van der Waals surface area contributed by atoms with Crippen molar-refractivity contribution in [2.45, 2.75) is 25.8 Å². The number of hydrogen-bond acceptors (Lipinski definition) is 2. The van der Waals surface area contributed by atoms with Crippen LogP contribution in [0.15, 0.2) is 12.3 Å². The van der Waals surface area contributed by atoms with E-state index in [9.17, 15) is 0 Å². The fourth-order valence-corrected chi connectivity index (χ4v) is 0.481. The summed E-state index contributed by atoms with van der Waals surface area (Å²) in [5.74, 6) is 0. The van der Waals surface area contributed by atoms with E-state index in [1.807, 2.05) is 6.92 Å².